The second-order valence-corrected chi connectivity index (χ2v) is 3.15. The molecule has 0 aromatic heterocycles. The summed E-state index contributed by atoms with van der Waals surface area (Å²) in [5.74, 6) is -1.09. The van der Waals surface area contributed by atoms with Gasteiger partial charge in [0.05, 0.1) is 11.8 Å². The summed E-state index contributed by atoms with van der Waals surface area (Å²) in [6, 6.07) is 4.69. The third-order valence-corrected chi connectivity index (χ3v) is 1.89. The number of aromatic carboxylic acids is 1. The van der Waals surface area contributed by atoms with Crippen molar-refractivity contribution in [3.05, 3.63) is 34.9 Å². The van der Waals surface area contributed by atoms with E-state index < -0.39 is 5.97 Å². The molecule has 1 aromatic rings. The number of nitrogens with zero attached hydrogens (tertiary/aromatic N) is 2. The topological polar surface area (TPSA) is 114 Å². The summed E-state index contributed by atoms with van der Waals surface area (Å²) in [7, 11) is 0. The number of carbonyl (C=O) groups is 1. The summed E-state index contributed by atoms with van der Waals surface area (Å²) in [6.07, 6.45) is 1.46. The fraction of sp³-hybridized carbons (Fsp3) is 0.100. The van der Waals surface area contributed by atoms with Crippen LogP contribution in [-0.4, -0.2) is 23.2 Å². The molecule has 0 atom stereocenters. The molecule has 0 aliphatic carbocycles. The van der Waals surface area contributed by atoms with Crippen LogP contribution in [0.4, 0.5) is 0 Å². The Morgan fingerprint density at radius 3 is 2.62 bits per heavy atom. The number of carboxylic acids is 1. The van der Waals surface area contributed by atoms with E-state index in [0.717, 1.165) is 11.1 Å². The van der Waals surface area contributed by atoms with Gasteiger partial charge < -0.3 is 16.6 Å². The normalized spacial score (nSPS) is 10.3. The Morgan fingerprint density at radius 2 is 2.12 bits per heavy atom. The molecule has 6 nitrogen and oxygen atoms in total. The van der Waals surface area contributed by atoms with Crippen LogP contribution in [-0.2, 0) is 0 Å². The highest BCUT2D eigenvalue weighted by atomic mass is 16.4. The lowest BCUT2D eigenvalue weighted by molar-refractivity contribution is 0.0697. The van der Waals surface area contributed by atoms with Gasteiger partial charge in [-0.2, -0.15) is 5.10 Å². The largest absolute Gasteiger partial charge is 0.478 e. The van der Waals surface area contributed by atoms with Crippen molar-refractivity contribution in [1.29, 1.82) is 0 Å². The minimum absolute atomic E-state index is 0.129. The molecule has 5 N–H and O–H groups in total. The summed E-state index contributed by atoms with van der Waals surface area (Å²) >= 11 is 0. The molecule has 1 rings (SSSR count). The van der Waals surface area contributed by atoms with Crippen molar-refractivity contribution in [2.75, 3.05) is 0 Å². The monoisotopic (exact) mass is 220 g/mol. The molecule has 0 spiro atoms. The summed E-state index contributed by atoms with van der Waals surface area (Å²) in [5, 5.41) is 15.8. The van der Waals surface area contributed by atoms with Crippen LogP contribution < -0.4 is 11.5 Å². The number of carboxylic acid groups (broad SMARTS) is 1. The van der Waals surface area contributed by atoms with Crippen molar-refractivity contribution in [3.63, 3.8) is 0 Å². The second kappa shape index (κ2) is 4.92. The van der Waals surface area contributed by atoms with Crippen LogP contribution in [0.1, 0.15) is 21.5 Å². The van der Waals surface area contributed by atoms with E-state index in [4.69, 9.17) is 16.6 Å². The smallest absolute Gasteiger partial charge is 0.335 e. The Morgan fingerprint density at radius 1 is 1.44 bits per heavy atom. The third kappa shape index (κ3) is 3.09. The van der Waals surface area contributed by atoms with Gasteiger partial charge in [-0.15, -0.1) is 5.10 Å². The first-order valence-corrected chi connectivity index (χ1v) is 4.46. The summed E-state index contributed by atoms with van der Waals surface area (Å²) in [6.45, 7) is 1.78. The number of guanidine groups is 1. The van der Waals surface area contributed by atoms with Gasteiger partial charge in [0.2, 0.25) is 5.96 Å². The SMILES string of the molecule is Cc1cc(C(=O)O)ccc1C=NN=C(N)N. The average molecular weight is 220 g/mol. The van der Waals surface area contributed by atoms with Crippen molar-refractivity contribution < 1.29 is 9.90 Å². The summed E-state index contributed by atoms with van der Waals surface area (Å²) in [5.41, 5.74) is 12.0. The van der Waals surface area contributed by atoms with Crippen LogP contribution >= 0.6 is 0 Å². The molecule has 0 aliphatic heterocycles. The zero-order valence-electron chi connectivity index (χ0n) is 8.71. The first-order chi connectivity index (χ1) is 7.50. The van der Waals surface area contributed by atoms with Gasteiger partial charge in [0.1, 0.15) is 0 Å². The van der Waals surface area contributed by atoms with E-state index in [0.29, 0.717) is 0 Å². The lowest BCUT2D eigenvalue weighted by atomic mass is 10.1. The molecule has 0 fully saturated rings. The minimum Gasteiger partial charge on any atom is -0.478 e. The van der Waals surface area contributed by atoms with E-state index in [1.807, 2.05) is 0 Å². The Bertz CT molecular complexity index is 462. The molecular formula is C10H12N4O2. The van der Waals surface area contributed by atoms with Gasteiger partial charge in [0, 0.05) is 0 Å². The van der Waals surface area contributed by atoms with E-state index >= 15 is 0 Å². The minimum atomic E-state index is -0.962. The van der Waals surface area contributed by atoms with Gasteiger partial charge in [0.25, 0.3) is 0 Å². The summed E-state index contributed by atoms with van der Waals surface area (Å²) in [4.78, 5) is 10.7. The molecule has 84 valence electrons. The molecule has 6 heteroatoms. The molecule has 0 aliphatic rings. The van der Waals surface area contributed by atoms with E-state index in [-0.39, 0.29) is 11.5 Å². The molecule has 0 bridgehead atoms. The van der Waals surface area contributed by atoms with Crippen molar-refractivity contribution in [2.45, 2.75) is 6.92 Å². The number of hydrogen-bond acceptors (Lipinski definition) is 3. The van der Waals surface area contributed by atoms with Crippen LogP contribution in [0.25, 0.3) is 0 Å². The zero-order chi connectivity index (χ0) is 12.1. The van der Waals surface area contributed by atoms with Crippen LogP contribution in [0, 0.1) is 6.92 Å². The Balaban J connectivity index is 2.96. The standard InChI is InChI=1S/C10H12N4O2/c1-6-4-7(9(15)16)2-3-8(6)5-13-14-10(11)12/h2-5H,1H3,(H,15,16)(H4,11,12,14). The fourth-order valence-corrected chi connectivity index (χ4v) is 1.11. The van der Waals surface area contributed by atoms with Gasteiger partial charge in [-0.05, 0) is 30.2 Å². The predicted molar refractivity (Wildman–Crippen MR) is 61.5 cm³/mol. The first-order valence-electron chi connectivity index (χ1n) is 4.46. The van der Waals surface area contributed by atoms with Crippen LogP contribution in [0.3, 0.4) is 0 Å². The molecule has 1 aromatic carbocycles. The third-order valence-electron chi connectivity index (χ3n) is 1.89. The molecule has 0 saturated heterocycles. The van der Waals surface area contributed by atoms with Gasteiger partial charge in [-0.25, -0.2) is 4.79 Å². The van der Waals surface area contributed by atoms with Crippen molar-refractivity contribution in [3.8, 4) is 0 Å². The average Bonchev–Trinajstić information content (AvgIpc) is 2.19. The second-order valence-electron chi connectivity index (χ2n) is 3.15. The first kappa shape index (κ1) is 11.7. The molecule has 16 heavy (non-hydrogen) atoms. The Hall–Kier alpha value is -2.37. The number of aryl methyl sites for hydroxylation is 1. The van der Waals surface area contributed by atoms with Gasteiger partial charge in [0.15, 0.2) is 0 Å². The Kier molecular flexibility index (Phi) is 3.60. The van der Waals surface area contributed by atoms with E-state index in [1.165, 1.54) is 12.3 Å². The van der Waals surface area contributed by atoms with Crippen molar-refractivity contribution in [1.82, 2.24) is 0 Å². The fourth-order valence-electron chi connectivity index (χ4n) is 1.11. The molecule has 0 saturated carbocycles. The highest BCUT2D eigenvalue weighted by Gasteiger charge is 2.03. The van der Waals surface area contributed by atoms with E-state index in [2.05, 4.69) is 10.2 Å². The Labute approximate surface area is 92.3 Å². The maximum atomic E-state index is 10.7. The molecule has 0 heterocycles. The van der Waals surface area contributed by atoms with Crippen molar-refractivity contribution >= 4 is 18.1 Å². The maximum absolute atomic E-state index is 10.7. The van der Waals surface area contributed by atoms with Crippen molar-refractivity contribution in [2.24, 2.45) is 21.7 Å². The predicted octanol–water partition coefficient (Wildman–Crippen LogP) is 0.301. The molecular weight excluding hydrogens is 208 g/mol. The summed E-state index contributed by atoms with van der Waals surface area (Å²) < 4.78 is 0. The highest BCUT2D eigenvalue weighted by molar-refractivity contribution is 5.90. The molecule has 0 unspecified atom stereocenters. The number of hydrogen-bond donors (Lipinski definition) is 3. The number of benzene rings is 1. The number of rotatable bonds is 3. The molecule has 0 radical (unpaired) electrons. The van der Waals surface area contributed by atoms with Crippen LogP contribution in [0.15, 0.2) is 28.4 Å². The lowest BCUT2D eigenvalue weighted by Crippen LogP contribution is -2.21. The van der Waals surface area contributed by atoms with Gasteiger partial charge >= 0.3 is 5.97 Å². The van der Waals surface area contributed by atoms with Crippen LogP contribution in [0.2, 0.25) is 0 Å². The van der Waals surface area contributed by atoms with Crippen LogP contribution in [0.5, 0.6) is 0 Å². The molecule has 0 amide bonds. The number of nitrogens with two attached hydrogens (primary N) is 2. The quantitative estimate of drug-likeness (QED) is 0.386. The van der Waals surface area contributed by atoms with Gasteiger partial charge in [-0.3, -0.25) is 0 Å². The zero-order valence-corrected chi connectivity index (χ0v) is 8.71. The maximum Gasteiger partial charge on any atom is 0.335 e. The lowest BCUT2D eigenvalue weighted by Gasteiger charge is -2.00. The van der Waals surface area contributed by atoms with E-state index in [1.54, 1.807) is 19.1 Å². The van der Waals surface area contributed by atoms with Gasteiger partial charge in [-0.1, -0.05) is 6.07 Å². The van der Waals surface area contributed by atoms with E-state index in [9.17, 15) is 4.79 Å². The highest BCUT2D eigenvalue weighted by Crippen LogP contribution is 2.09.